The summed E-state index contributed by atoms with van der Waals surface area (Å²) >= 11 is 13.4. The van der Waals surface area contributed by atoms with E-state index in [9.17, 15) is 4.79 Å². The van der Waals surface area contributed by atoms with E-state index < -0.39 is 0 Å². The summed E-state index contributed by atoms with van der Waals surface area (Å²) < 4.78 is 1.03. The summed E-state index contributed by atoms with van der Waals surface area (Å²) in [5, 5.41) is 6.27. The highest BCUT2D eigenvalue weighted by molar-refractivity contribution is 14.1. The number of nitrogens with one attached hydrogen (secondary N) is 2. The topological polar surface area (TPSA) is 41.1 Å². The van der Waals surface area contributed by atoms with Crippen molar-refractivity contribution in [2.45, 2.75) is 0 Å². The molecule has 0 radical (unpaired) electrons. The van der Waals surface area contributed by atoms with Crippen LogP contribution in [-0.2, 0) is 0 Å². The number of amides is 1. The minimum Gasteiger partial charge on any atom is -0.331 e. The van der Waals surface area contributed by atoms with Gasteiger partial charge in [-0.15, -0.1) is 0 Å². The van der Waals surface area contributed by atoms with Gasteiger partial charge in [-0.3, -0.25) is 10.1 Å². The Balaban J connectivity index is 2.01. The van der Waals surface area contributed by atoms with Crippen LogP contribution in [0.4, 0.5) is 5.69 Å². The van der Waals surface area contributed by atoms with Gasteiger partial charge in [0.1, 0.15) is 0 Å². The standard InChI is InChI=1S/C14H10ClIN2OS/c15-11-8-10(16)6-7-12(11)17-14(20)18-13(19)9-4-2-1-3-5-9/h1-8H,(H2,17,18,19,20). The van der Waals surface area contributed by atoms with Crippen molar-refractivity contribution < 1.29 is 4.79 Å². The number of carbonyl (C=O) groups excluding carboxylic acids is 1. The van der Waals surface area contributed by atoms with Crippen molar-refractivity contribution in [1.82, 2.24) is 5.32 Å². The number of carbonyl (C=O) groups is 1. The minimum absolute atomic E-state index is 0.210. The molecular weight excluding hydrogens is 407 g/mol. The molecule has 0 spiro atoms. The Morgan fingerprint density at radius 3 is 2.50 bits per heavy atom. The molecule has 0 bridgehead atoms. The Labute approximate surface area is 140 Å². The van der Waals surface area contributed by atoms with Gasteiger partial charge in [0, 0.05) is 9.13 Å². The fourth-order valence-electron chi connectivity index (χ4n) is 1.51. The Morgan fingerprint density at radius 1 is 1.15 bits per heavy atom. The number of halogens is 2. The lowest BCUT2D eigenvalue weighted by Crippen LogP contribution is -2.34. The van der Waals surface area contributed by atoms with Crippen molar-refractivity contribution in [1.29, 1.82) is 0 Å². The number of thiocarbonyl (C=S) groups is 1. The van der Waals surface area contributed by atoms with E-state index in [1.807, 2.05) is 24.3 Å². The zero-order valence-electron chi connectivity index (χ0n) is 10.2. The van der Waals surface area contributed by atoms with Gasteiger partial charge in [0.15, 0.2) is 5.11 Å². The van der Waals surface area contributed by atoms with Gasteiger partial charge in [-0.25, -0.2) is 0 Å². The van der Waals surface area contributed by atoms with Gasteiger partial charge in [0.25, 0.3) is 5.91 Å². The van der Waals surface area contributed by atoms with Crippen LogP contribution in [0.15, 0.2) is 48.5 Å². The molecule has 0 atom stereocenters. The molecule has 0 aliphatic rings. The van der Waals surface area contributed by atoms with Gasteiger partial charge in [0.05, 0.1) is 10.7 Å². The molecule has 2 aromatic carbocycles. The number of benzene rings is 2. The highest BCUT2D eigenvalue weighted by Crippen LogP contribution is 2.23. The Hall–Kier alpha value is -1.18. The molecule has 0 saturated carbocycles. The first kappa shape index (κ1) is 15.2. The van der Waals surface area contributed by atoms with Crippen LogP contribution >= 0.6 is 46.4 Å². The quantitative estimate of drug-likeness (QED) is 0.573. The van der Waals surface area contributed by atoms with Crippen LogP contribution in [0.25, 0.3) is 0 Å². The summed E-state index contributed by atoms with van der Waals surface area (Å²) in [6, 6.07) is 14.4. The average Bonchev–Trinajstić information content (AvgIpc) is 2.43. The van der Waals surface area contributed by atoms with Gasteiger partial charge in [-0.1, -0.05) is 29.8 Å². The molecular formula is C14H10ClIN2OS. The van der Waals surface area contributed by atoms with Crippen molar-refractivity contribution in [2.24, 2.45) is 0 Å². The smallest absolute Gasteiger partial charge is 0.257 e. The SMILES string of the molecule is O=C(NC(=S)Nc1ccc(I)cc1Cl)c1ccccc1. The molecule has 0 heterocycles. The zero-order chi connectivity index (χ0) is 14.5. The Morgan fingerprint density at radius 2 is 1.85 bits per heavy atom. The lowest BCUT2D eigenvalue weighted by atomic mass is 10.2. The molecule has 2 aromatic rings. The Bertz CT molecular complexity index is 649. The van der Waals surface area contributed by atoms with Gasteiger partial charge >= 0.3 is 0 Å². The highest BCUT2D eigenvalue weighted by Gasteiger charge is 2.08. The molecule has 0 saturated heterocycles. The minimum atomic E-state index is -0.260. The molecule has 2 rings (SSSR count). The largest absolute Gasteiger partial charge is 0.331 e. The van der Waals surface area contributed by atoms with Gasteiger partial charge < -0.3 is 5.32 Å². The third kappa shape index (κ3) is 4.16. The van der Waals surface area contributed by atoms with Crippen LogP contribution in [0.1, 0.15) is 10.4 Å². The van der Waals surface area contributed by atoms with E-state index in [1.165, 1.54) is 0 Å². The van der Waals surface area contributed by atoms with Crippen molar-refractivity contribution in [3.63, 3.8) is 0 Å². The summed E-state index contributed by atoms with van der Waals surface area (Å²) in [7, 11) is 0. The second-order valence-corrected chi connectivity index (χ2v) is 5.96. The summed E-state index contributed by atoms with van der Waals surface area (Å²) in [6.45, 7) is 0. The number of anilines is 1. The van der Waals surface area contributed by atoms with Crippen LogP contribution in [0, 0.1) is 3.57 Å². The first-order chi connectivity index (χ1) is 9.56. The normalized spacial score (nSPS) is 9.90. The van der Waals surface area contributed by atoms with E-state index in [-0.39, 0.29) is 11.0 Å². The maximum atomic E-state index is 11.9. The summed E-state index contributed by atoms with van der Waals surface area (Å²) in [5.41, 5.74) is 1.20. The average molecular weight is 417 g/mol. The predicted octanol–water partition coefficient (Wildman–Crippen LogP) is 4.07. The number of hydrogen-bond donors (Lipinski definition) is 2. The van der Waals surface area contributed by atoms with Gasteiger partial charge in [0.2, 0.25) is 0 Å². The molecule has 1 amide bonds. The molecule has 0 unspecified atom stereocenters. The number of rotatable bonds is 2. The van der Waals surface area contributed by atoms with Crippen LogP contribution < -0.4 is 10.6 Å². The van der Waals surface area contributed by atoms with Crippen LogP contribution in [0.3, 0.4) is 0 Å². The lowest BCUT2D eigenvalue weighted by Gasteiger charge is -2.11. The van der Waals surface area contributed by atoms with Crippen molar-refractivity contribution in [2.75, 3.05) is 5.32 Å². The molecule has 3 nitrogen and oxygen atoms in total. The van der Waals surface area contributed by atoms with Gasteiger partial charge in [-0.2, -0.15) is 0 Å². The van der Waals surface area contributed by atoms with E-state index >= 15 is 0 Å². The van der Waals surface area contributed by atoms with Crippen LogP contribution in [0.2, 0.25) is 5.02 Å². The molecule has 0 aliphatic carbocycles. The predicted molar refractivity (Wildman–Crippen MR) is 94.3 cm³/mol. The van der Waals surface area contributed by atoms with Gasteiger partial charge in [-0.05, 0) is 65.1 Å². The van der Waals surface area contributed by atoms with E-state index in [0.717, 1.165) is 3.57 Å². The van der Waals surface area contributed by atoms with E-state index in [4.69, 9.17) is 23.8 Å². The van der Waals surface area contributed by atoms with E-state index in [1.54, 1.807) is 24.3 Å². The second kappa shape index (κ2) is 7.01. The molecule has 0 aromatic heterocycles. The van der Waals surface area contributed by atoms with Crippen LogP contribution in [-0.4, -0.2) is 11.0 Å². The molecule has 2 N–H and O–H groups in total. The maximum absolute atomic E-state index is 11.9. The molecule has 6 heteroatoms. The lowest BCUT2D eigenvalue weighted by molar-refractivity contribution is 0.0978. The zero-order valence-corrected chi connectivity index (χ0v) is 13.9. The van der Waals surface area contributed by atoms with Crippen molar-refractivity contribution >= 4 is 63.1 Å². The number of hydrogen-bond acceptors (Lipinski definition) is 2. The molecule has 0 aliphatic heterocycles. The highest BCUT2D eigenvalue weighted by atomic mass is 127. The molecule has 102 valence electrons. The maximum Gasteiger partial charge on any atom is 0.257 e. The van der Waals surface area contributed by atoms with E-state index in [2.05, 4.69) is 33.2 Å². The second-order valence-electron chi connectivity index (χ2n) is 3.90. The molecule has 20 heavy (non-hydrogen) atoms. The Kier molecular flexibility index (Phi) is 5.33. The van der Waals surface area contributed by atoms with Crippen molar-refractivity contribution in [3.05, 3.63) is 62.7 Å². The van der Waals surface area contributed by atoms with Crippen molar-refractivity contribution in [3.8, 4) is 0 Å². The molecule has 0 fully saturated rings. The fraction of sp³-hybridized carbons (Fsp3) is 0. The van der Waals surface area contributed by atoms with E-state index in [0.29, 0.717) is 16.3 Å². The summed E-state index contributed by atoms with van der Waals surface area (Å²) in [6.07, 6.45) is 0. The first-order valence-corrected chi connectivity index (χ1v) is 7.55. The monoisotopic (exact) mass is 416 g/mol. The third-order valence-electron chi connectivity index (χ3n) is 2.44. The third-order valence-corrected chi connectivity index (χ3v) is 3.63. The van der Waals surface area contributed by atoms with Crippen LogP contribution in [0.5, 0.6) is 0 Å². The summed E-state index contributed by atoms with van der Waals surface area (Å²) in [4.78, 5) is 11.9. The fourth-order valence-corrected chi connectivity index (χ4v) is 2.61. The first-order valence-electron chi connectivity index (χ1n) is 5.68. The summed E-state index contributed by atoms with van der Waals surface area (Å²) in [5.74, 6) is -0.260.